The molecule has 0 amide bonds. The molecule has 11 heteroatoms. The number of alkyl halides is 3. The second kappa shape index (κ2) is 8.62. The minimum Gasteiger partial charge on any atom is -0.261 e. The number of hydrogen-bond donors (Lipinski definition) is 0. The third-order valence-electron chi connectivity index (χ3n) is 5.42. The summed E-state index contributed by atoms with van der Waals surface area (Å²) in [6.07, 6.45) is -0.208. The van der Waals surface area contributed by atoms with Crippen LogP contribution in [-0.2, 0) is 12.7 Å². The van der Waals surface area contributed by atoms with Gasteiger partial charge in [-0.15, -0.1) is 5.10 Å². The zero-order valence-corrected chi connectivity index (χ0v) is 18.9. The Morgan fingerprint density at radius 1 is 0.914 bits per heavy atom. The number of aryl methyl sites for hydroxylation is 1. The first-order chi connectivity index (χ1) is 16.7. The van der Waals surface area contributed by atoms with Crippen LogP contribution in [0.25, 0.3) is 27.9 Å². The Morgan fingerprint density at radius 2 is 1.66 bits per heavy atom. The molecular weight excluding hydrogens is 481 g/mol. The Kier molecular flexibility index (Phi) is 5.60. The summed E-state index contributed by atoms with van der Waals surface area (Å²) in [5, 5.41) is 9.35. The van der Waals surface area contributed by atoms with Crippen LogP contribution in [-0.4, -0.2) is 29.4 Å². The number of rotatable bonds is 4. The third-order valence-corrected chi connectivity index (χ3v) is 5.67. The highest BCUT2D eigenvalue weighted by Gasteiger charge is 2.32. The molecule has 0 saturated carbocycles. The number of aromatic nitrogens is 6. The first-order valence-electron chi connectivity index (χ1n) is 10.4. The van der Waals surface area contributed by atoms with Gasteiger partial charge < -0.3 is 0 Å². The van der Waals surface area contributed by atoms with Crippen molar-refractivity contribution >= 4 is 17.2 Å². The minimum absolute atomic E-state index is 0.0742. The number of hydrogen-bond acceptors (Lipinski definition) is 5. The van der Waals surface area contributed by atoms with Crippen LogP contribution in [0.4, 0.5) is 13.2 Å². The van der Waals surface area contributed by atoms with Gasteiger partial charge in [0.25, 0.3) is 0 Å². The lowest BCUT2D eigenvalue weighted by atomic mass is 9.98. The number of benzene rings is 1. The first kappa shape index (κ1) is 22.7. The lowest BCUT2D eigenvalue weighted by Gasteiger charge is -2.10. The van der Waals surface area contributed by atoms with Crippen molar-refractivity contribution < 1.29 is 13.2 Å². The minimum atomic E-state index is -4.54. The molecule has 0 spiro atoms. The van der Waals surface area contributed by atoms with E-state index in [1.165, 1.54) is 6.07 Å². The van der Waals surface area contributed by atoms with E-state index < -0.39 is 17.6 Å². The normalized spacial score (nSPS) is 11.8. The van der Waals surface area contributed by atoms with Crippen LogP contribution in [0.1, 0.15) is 17.0 Å². The van der Waals surface area contributed by atoms with E-state index in [0.29, 0.717) is 21.7 Å². The number of halogens is 4. The molecule has 4 heterocycles. The Balaban J connectivity index is 1.66. The maximum Gasteiger partial charge on any atom is 0.433 e. The summed E-state index contributed by atoms with van der Waals surface area (Å²) in [7, 11) is 0. The molecule has 5 aromatic rings. The summed E-state index contributed by atoms with van der Waals surface area (Å²) in [6, 6.07) is 13.0. The molecule has 0 bridgehead atoms. The van der Waals surface area contributed by atoms with Gasteiger partial charge in [-0.2, -0.15) is 22.8 Å². The molecule has 4 aromatic heterocycles. The molecule has 0 aliphatic carbocycles. The molecule has 0 atom stereocenters. The maximum absolute atomic E-state index is 13.1. The molecule has 0 unspecified atom stereocenters. The Hall–Kier alpha value is -4.05. The van der Waals surface area contributed by atoms with Crippen LogP contribution in [0.2, 0.25) is 5.02 Å². The monoisotopic (exact) mass is 496 g/mol. The second-order valence-electron chi connectivity index (χ2n) is 7.85. The molecular formula is C24H16ClF3N6O. The predicted molar refractivity (Wildman–Crippen MR) is 124 cm³/mol. The van der Waals surface area contributed by atoms with Crippen molar-refractivity contribution in [1.82, 2.24) is 29.4 Å². The van der Waals surface area contributed by atoms with E-state index in [4.69, 9.17) is 11.6 Å². The fraction of sp³-hybridized carbons (Fsp3) is 0.125. The smallest absolute Gasteiger partial charge is 0.261 e. The lowest BCUT2D eigenvalue weighted by molar-refractivity contribution is -0.141. The van der Waals surface area contributed by atoms with Gasteiger partial charge in [-0.05, 0) is 42.3 Å². The van der Waals surface area contributed by atoms with Crippen molar-refractivity contribution in [3.05, 3.63) is 99.6 Å². The Bertz CT molecular complexity index is 1570. The molecule has 35 heavy (non-hydrogen) atoms. The zero-order valence-electron chi connectivity index (χ0n) is 18.2. The molecule has 0 saturated heterocycles. The SMILES string of the molecule is Cc1ccc(-c2c(-c3ccc(Cl)cc3)cnn3c(=O)n(Cc4ccc(C(F)(F)F)nc4)nc23)cn1. The summed E-state index contributed by atoms with van der Waals surface area (Å²) in [5.74, 6) is 0. The molecule has 0 radical (unpaired) electrons. The number of fused-ring (bicyclic) bond motifs is 1. The van der Waals surface area contributed by atoms with E-state index in [2.05, 4.69) is 20.2 Å². The fourth-order valence-corrected chi connectivity index (χ4v) is 3.80. The van der Waals surface area contributed by atoms with Crippen molar-refractivity contribution in [2.75, 3.05) is 0 Å². The summed E-state index contributed by atoms with van der Waals surface area (Å²) in [5.41, 5.74) is 2.84. The summed E-state index contributed by atoms with van der Waals surface area (Å²) in [6.45, 7) is 1.79. The van der Waals surface area contributed by atoms with E-state index in [0.717, 1.165) is 38.3 Å². The van der Waals surface area contributed by atoms with Gasteiger partial charge in [0.2, 0.25) is 0 Å². The fourth-order valence-electron chi connectivity index (χ4n) is 3.67. The highest BCUT2D eigenvalue weighted by atomic mass is 35.5. The Morgan fingerprint density at radius 3 is 2.29 bits per heavy atom. The summed E-state index contributed by atoms with van der Waals surface area (Å²) < 4.78 is 40.8. The molecule has 0 fully saturated rings. The van der Waals surface area contributed by atoms with Crippen LogP contribution >= 0.6 is 11.6 Å². The van der Waals surface area contributed by atoms with Crippen molar-refractivity contribution in [3.63, 3.8) is 0 Å². The highest BCUT2D eigenvalue weighted by Crippen LogP contribution is 2.34. The van der Waals surface area contributed by atoms with Crippen LogP contribution in [0, 0.1) is 6.92 Å². The van der Waals surface area contributed by atoms with E-state index in [-0.39, 0.29) is 12.2 Å². The van der Waals surface area contributed by atoms with Crippen LogP contribution < -0.4 is 5.69 Å². The zero-order chi connectivity index (χ0) is 24.7. The van der Waals surface area contributed by atoms with Gasteiger partial charge >= 0.3 is 11.9 Å². The average molecular weight is 497 g/mol. The number of pyridine rings is 2. The molecule has 0 N–H and O–H groups in total. The van der Waals surface area contributed by atoms with Crippen LogP contribution in [0.5, 0.6) is 0 Å². The Labute approximate surface area is 201 Å². The molecule has 7 nitrogen and oxygen atoms in total. The predicted octanol–water partition coefficient (Wildman–Crippen LogP) is 5.04. The van der Waals surface area contributed by atoms with Gasteiger partial charge in [0.15, 0.2) is 5.65 Å². The molecule has 5 rings (SSSR count). The van der Waals surface area contributed by atoms with Crippen LogP contribution in [0.3, 0.4) is 0 Å². The van der Waals surface area contributed by atoms with E-state index in [1.807, 2.05) is 31.2 Å². The maximum atomic E-state index is 13.1. The molecule has 176 valence electrons. The van der Waals surface area contributed by atoms with Crippen molar-refractivity contribution in [2.45, 2.75) is 19.6 Å². The lowest BCUT2D eigenvalue weighted by Crippen LogP contribution is -2.23. The standard InChI is InChI=1S/C24H16ClF3N6O/c1-14-2-4-17(11-29-14)21-19(16-5-7-18(25)8-6-16)12-31-34-22(21)32-33(23(34)35)13-15-3-9-20(30-10-15)24(26,27)28/h2-12H,13H2,1H3. The molecule has 0 aliphatic rings. The van der Waals surface area contributed by atoms with Crippen molar-refractivity contribution in [1.29, 1.82) is 0 Å². The summed E-state index contributed by atoms with van der Waals surface area (Å²) >= 11 is 6.05. The van der Waals surface area contributed by atoms with Gasteiger partial charge in [0, 0.05) is 39.8 Å². The second-order valence-corrected chi connectivity index (χ2v) is 8.29. The van der Waals surface area contributed by atoms with E-state index >= 15 is 0 Å². The van der Waals surface area contributed by atoms with Gasteiger partial charge in [-0.3, -0.25) is 9.97 Å². The van der Waals surface area contributed by atoms with Crippen molar-refractivity contribution in [2.24, 2.45) is 0 Å². The third kappa shape index (κ3) is 4.40. The van der Waals surface area contributed by atoms with Gasteiger partial charge in [0.05, 0.1) is 12.7 Å². The topological polar surface area (TPSA) is 78.0 Å². The van der Waals surface area contributed by atoms with Gasteiger partial charge in [0.1, 0.15) is 5.69 Å². The highest BCUT2D eigenvalue weighted by molar-refractivity contribution is 6.30. The molecule has 1 aromatic carbocycles. The largest absolute Gasteiger partial charge is 0.433 e. The van der Waals surface area contributed by atoms with E-state index in [1.54, 1.807) is 24.5 Å². The van der Waals surface area contributed by atoms with Crippen molar-refractivity contribution in [3.8, 4) is 22.3 Å². The first-order valence-corrected chi connectivity index (χ1v) is 10.8. The number of nitrogens with zero attached hydrogens (tertiary/aromatic N) is 6. The summed E-state index contributed by atoms with van der Waals surface area (Å²) in [4.78, 5) is 20.9. The van der Waals surface area contributed by atoms with Crippen LogP contribution in [0.15, 0.2) is 71.9 Å². The van der Waals surface area contributed by atoms with Gasteiger partial charge in [-0.1, -0.05) is 35.9 Å². The van der Waals surface area contributed by atoms with Gasteiger partial charge in [-0.25, -0.2) is 9.48 Å². The molecule has 0 aliphatic heterocycles. The van der Waals surface area contributed by atoms with E-state index in [9.17, 15) is 18.0 Å². The average Bonchev–Trinajstić information content (AvgIpc) is 3.14. The quantitative estimate of drug-likeness (QED) is 0.348.